The summed E-state index contributed by atoms with van der Waals surface area (Å²) in [5.74, 6) is 0.0780. The van der Waals surface area contributed by atoms with Gasteiger partial charge in [0.25, 0.3) is 0 Å². The molecule has 0 amide bonds. The van der Waals surface area contributed by atoms with E-state index in [1.165, 1.54) is 23.1 Å². The fraction of sp³-hybridized carbons (Fsp3) is 0.636. The van der Waals surface area contributed by atoms with Crippen molar-refractivity contribution in [3.05, 3.63) is 12.4 Å². The minimum Gasteiger partial charge on any atom is -0.368 e. The predicted molar refractivity (Wildman–Crippen MR) is 68.3 cm³/mol. The number of nitrogens with two attached hydrogens (primary N) is 1. The molecule has 1 heterocycles. The van der Waals surface area contributed by atoms with Gasteiger partial charge in [0.05, 0.1) is 12.4 Å². The zero-order valence-electron chi connectivity index (χ0n) is 10.4. The van der Waals surface area contributed by atoms with Gasteiger partial charge in [-0.15, -0.1) is 0 Å². The lowest BCUT2D eigenvalue weighted by Crippen LogP contribution is -2.38. The molecule has 6 nitrogen and oxygen atoms in total. The van der Waals surface area contributed by atoms with Gasteiger partial charge in [0.15, 0.2) is 0 Å². The van der Waals surface area contributed by atoms with Crippen LogP contribution in [0.5, 0.6) is 0 Å². The van der Waals surface area contributed by atoms with Gasteiger partial charge in [-0.3, -0.25) is 0 Å². The molecule has 7 heteroatoms. The van der Waals surface area contributed by atoms with Crippen LogP contribution in [0.25, 0.3) is 0 Å². The van der Waals surface area contributed by atoms with E-state index in [2.05, 4.69) is 9.97 Å². The summed E-state index contributed by atoms with van der Waals surface area (Å²) in [4.78, 5) is 7.57. The molecule has 1 aliphatic carbocycles. The summed E-state index contributed by atoms with van der Waals surface area (Å²) in [6, 6.07) is 0.0845. The fourth-order valence-corrected chi connectivity index (χ4v) is 3.57. The zero-order valence-corrected chi connectivity index (χ0v) is 11.2. The second-order valence-corrected chi connectivity index (χ2v) is 6.59. The van der Waals surface area contributed by atoms with Crippen LogP contribution in [0.3, 0.4) is 0 Å². The van der Waals surface area contributed by atoms with Crippen LogP contribution in [-0.2, 0) is 10.0 Å². The van der Waals surface area contributed by atoms with Crippen LogP contribution in [0.4, 0.5) is 5.95 Å². The van der Waals surface area contributed by atoms with Crippen LogP contribution in [-0.4, -0.2) is 35.8 Å². The number of sulfonamides is 1. The second-order valence-electron chi connectivity index (χ2n) is 4.59. The Morgan fingerprint density at radius 1 is 1.22 bits per heavy atom. The van der Waals surface area contributed by atoms with Crippen molar-refractivity contribution in [2.45, 2.75) is 43.0 Å². The summed E-state index contributed by atoms with van der Waals surface area (Å²) in [7, 11) is -1.88. The molecular weight excluding hydrogens is 252 g/mol. The average molecular weight is 270 g/mol. The number of rotatable bonds is 3. The first kappa shape index (κ1) is 13.2. The molecule has 1 fully saturated rings. The second kappa shape index (κ2) is 5.19. The van der Waals surface area contributed by atoms with Crippen LogP contribution in [0.2, 0.25) is 0 Å². The third-order valence-electron chi connectivity index (χ3n) is 3.41. The molecule has 0 saturated heterocycles. The van der Waals surface area contributed by atoms with Crippen molar-refractivity contribution in [1.82, 2.24) is 14.3 Å². The van der Waals surface area contributed by atoms with Gasteiger partial charge in [-0.2, -0.15) is 4.31 Å². The van der Waals surface area contributed by atoms with E-state index in [1.807, 2.05) is 0 Å². The molecule has 2 N–H and O–H groups in total. The number of nitrogens with zero attached hydrogens (tertiary/aromatic N) is 3. The fourth-order valence-electron chi connectivity index (χ4n) is 2.27. The number of anilines is 1. The summed E-state index contributed by atoms with van der Waals surface area (Å²) >= 11 is 0. The highest BCUT2D eigenvalue weighted by atomic mass is 32.2. The molecule has 1 aromatic heterocycles. The van der Waals surface area contributed by atoms with Crippen molar-refractivity contribution in [3.63, 3.8) is 0 Å². The molecule has 0 spiro atoms. The largest absolute Gasteiger partial charge is 0.368 e. The Hall–Kier alpha value is -1.21. The molecule has 1 saturated carbocycles. The third-order valence-corrected chi connectivity index (χ3v) is 5.28. The quantitative estimate of drug-likeness (QED) is 0.885. The number of hydrogen-bond donors (Lipinski definition) is 1. The summed E-state index contributed by atoms with van der Waals surface area (Å²) in [6.45, 7) is 0. The first-order chi connectivity index (χ1) is 8.51. The molecule has 100 valence electrons. The lowest BCUT2D eigenvalue weighted by atomic mass is 9.96. The highest BCUT2D eigenvalue weighted by Crippen LogP contribution is 2.25. The summed E-state index contributed by atoms with van der Waals surface area (Å²) in [5, 5.41) is 0. The van der Waals surface area contributed by atoms with E-state index in [0.29, 0.717) is 0 Å². The molecule has 0 aliphatic heterocycles. The Balaban J connectivity index is 2.21. The molecule has 1 aliphatic rings. The number of hydrogen-bond acceptors (Lipinski definition) is 5. The molecule has 18 heavy (non-hydrogen) atoms. The lowest BCUT2D eigenvalue weighted by molar-refractivity contribution is 0.285. The van der Waals surface area contributed by atoms with Crippen LogP contribution in [0.1, 0.15) is 32.1 Å². The molecule has 2 rings (SSSR count). The van der Waals surface area contributed by atoms with Gasteiger partial charge in [0.2, 0.25) is 16.0 Å². The topological polar surface area (TPSA) is 89.2 Å². The van der Waals surface area contributed by atoms with Crippen molar-refractivity contribution < 1.29 is 8.42 Å². The highest BCUT2D eigenvalue weighted by molar-refractivity contribution is 7.89. The predicted octanol–water partition coefficient (Wildman–Crippen LogP) is 1.01. The maximum Gasteiger partial charge on any atom is 0.246 e. The minimum atomic E-state index is -3.50. The zero-order chi connectivity index (χ0) is 13.2. The molecule has 0 aromatic carbocycles. The van der Waals surface area contributed by atoms with Crippen LogP contribution in [0.15, 0.2) is 17.3 Å². The normalized spacial score (nSPS) is 18.1. The smallest absolute Gasteiger partial charge is 0.246 e. The molecule has 0 bridgehead atoms. The van der Waals surface area contributed by atoms with E-state index in [0.717, 1.165) is 25.7 Å². The minimum absolute atomic E-state index is 0.0780. The van der Waals surface area contributed by atoms with Crippen molar-refractivity contribution >= 4 is 16.0 Å². The Morgan fingerprint density at radius 2 is 1.78 bits per heavy atom. The number of nitrogen functional groups attached to an aromatic ring is 1. The molecule has 0 radical (unpaired) electrons. The van der Waals surface area contributed by atoms with E-state index in [1.54, 1.807) is 7.05 Å². The van der Waals surface area contributed by atoms with E-state index in [4.69, 9.17) is 5.73 Å². The van der Waals surface area contributed by atoms with E-state index >= 15 is 0 Å². The standard InChI is InChI=1S/C11H18N4O2S/c1-15(9-5-3-2-4-6-9)18(16,17)10-7-13-11(12)14-8-10/h7-9H,2-6H2,1H3,(H2,12,13,14). The van der Waals surface area contributed by atoms with Gasteiger partial charge in [-0.1, -0.05) is 19.3 Å². The van der Waals surface area contributed by atoms with Gasteiger partial charge >= 0.3 is 0 Å². The summed E-state index contributed by atoms with van der Waals surface area (Å²) in [6.07, 6.45) is 7.73. The monoisotopic (exact) mass is 270 g/mol. The lowest BCUT2D eigenvalue weighted by Gasteiger charge is -2.30. The van der Waals surface area contributed by atoms with Crippen LogP contribution >= 0.6 is 0 Å². The first-order valence-corrected chi connectivity index (χ1v) is 7.51. The summed E-state index contributed by atoms with van der Waals surface area (Å²) < 4.78 is 26.1. The molecule has 0 atom stereocenters. The number of aromatic nitrogens is 2. The average Bonchev–Trinajstić information content (AvgIpc) is 2.39. The Bertz CT molecular complexity index is 494. The Morgan fingerprint density at radius 3 is 2.33 bits per heavy atom. The molecule has 1 aromatic rings. The van der Waals surface area contributed by atoms with Crippen molar-refractivity contribution in [2.24, 2.45) is 0 Å². The van der Waals surface area contributed by atoms with Crippen molar-refractivity contribution in [1.29, 1.82) is 0 Å². The van der Waals surface area contributed by atoms with Gasteiger partial charge < -0.3 is 5.73 Å². The van der Waals surface area contributed by atoms with Crippen molar-refractivity contribution in [2.75, 3.05) is 12.8 Å². The van der Waals surface area contributed by atoms with Gasteiger partial charge in [-0.05, 0) is 12.8 Å². The Kier molecular flexibility index (Phi) is 3.82. The van der Waals surface area contributed by atoms with E-state index in [9.17, 15) is 8.42 Å². The highest BCUT2D eigenvalue weighted by Gasteiger charge is 2.29. The van der Waals surface area contributed by atoms with Gasteiger partial charge in [0.1, 0.15) is 4.90 Å². The van der Waals surface area contributed by atoms with Gasteiger partial charge in [0, 0.05) is 13.1 Å². The third kappa shape index (κ3) is 2.62. The maximum absolute atomic E-state index is 12.3. The van der Waals surface area contributed by atoms with Crippen LogP contribution < -0.4 is 5.73 Å². The SMILES string of the molecule is CN(C1CCCCC1)S(=O)(=O)c1cnc(N)nc1. The van der Waals surface area contributed by atoms with E-state index < -0.39 is 10.0 Å². The van der Waals surface area contributed by atoms with Gasteiger partial charge in [-0.25, -0.2) is 18.4 Å². The van der Waals surface area contributed by atoms with Crippen LogP contribution in [0, 0.1) is 0 Å². The first-order valence-electron chi connectivity index (χ1n) is 6.07. The summed E-state index contributed by atoms with van der Waals surface area (Å²) in [5.41, 5.74) is 5.36. The Labute approximate surface area is 107 Å². The van der Waals surface area contributed by atoms with Crippen molar-refractivity contribution in [3.8, 4) is 0 Å². The molecular formula is C11H18N4O2S. The van der Waals surface area contributed by atoms with E-state index in [-0.39, 0.29) is 16.9 Å². The maximum atomic E-state index is 12.3. The molecule has 0 unspecified atom stereocenters.